The molecule has 1 aromatic heterocycles. The average molecular weight is 272 g/mol. The highest BCUT2D eigenvalue weighted by Gasteiger charge is 2.09. The summed E-state index contributed by atoms with van der Waals surface area (Å²) in [6.45, 7) is 2.51. The zero-order chi connectivity index (χ0) is 12.3. The van der Waals surface area contributed by atoms with Crippen molar-refractivity contribution in [2.75, 3.05) is 6.54 Å². The monoisotopic (exact) mass is 272 g/mol. The minimum Gasteiger partial charge on any atom is -0.203 e. The van der Waals surface area contributed by atoms with E-state index in [1.165, 1.54) is 9.75 Å². The van der Waals surface area contributed by atoms with Crippen molar-refractivity contribution in [2.24, 2.45) is 0 Å². The maximum Gasteiger partial charge on any atom is 0.277 e. The van der Waals surface area contributed by atoms with Gasteiger partial charge in [-0.1, -0.05) is 19.1 Å². The van der Waals surface area contributed by atoms with Gasteiger partial charge in [0.15, 0.2) is 0 Å². The molecule has 17 heavy (non-hydrogen) atoms. The fourth-order valence-corrected chi connectivity index (χ4v) is 3.67. The summed E-state index contributed by atoms with van der Waals surface area (Å²) in [6, 6.07) is 0. The molecule has 0 bridgehead atoms. The molecule has 0 radical (unpaired) electrons. The summed E-state index contributed by atoms with van der Waals surface area (Å²) in [7, 11) is -3.35. The summed E-state index contributed by atoms with van der Waals surface area (Å²) >= 11 is 1.67. The first-order valence-corrected chi connectivity index (χ1v) is 7.99. The second-order valence-corrected chi connectivity index (χ2v) is 6.34. The summed E-state index contributed by atoms with van der Waals surface area (Å²) < 4.78 is 29.1. The van der Waals surface area contributed by atoms with E-state index in [9.17, 15) is 8.42 Å². The maximum absolute atomic E-state index is 11.5. The third-order valence-electron chi connectivity index (χ3n) is 2.57. The van der Waals surface area contributed by atoms with Crippen LogP contribution in [-0.2, 0) is 16.8 Å². The molecule has 2 N–H and O–H groups in total. The van der Waals surface area contributed by atoms with Gasteiger partial charge in [-0.25, -0.2) is 4.72 Å². The van der Waals surface area contributed by atoms with Crippen LogP contribution in [0, 0.1) is 0 Å². The Morgan fingerprint density at radius 3 is 2.82 bits per heavy atom. The van der Waals surface area contributed by atoms with Crippen molar-refractivity contribution in [1.29, 1.82) is 0 Å². The van der Waals surface area contributed by atoms with Gasteiger partial charge in [-0.3, -0.25) is 0 Å². The number of hydrogen-bond donors (Lipinski definition) is 2. The van der Waals surface area contributed by atoms with Gasteiger partial charge in [-0.05, 0) is 29.0 Å². The Balaban J connectivity index is 2.14. The van der Waals surface area contributed by atoms with Crippen LogP contribution in [0.25, 0.3) is 12.2 Å². The molecule has 4 nitrogen and oxygen atoms in total. The molecule has 0 aromatic carbocycles. The van der Waals surface area contributed by atoms with Gasteiger partial charge in [0.25, 0.3) is 10.2 Å². The van der Waals surface area contributed by atoms with Gasteiger partial charge in [0.2, 0.25) is 0 Å². The van der Waals surface area contributed by atoms with Crippen molar-refractivity contribution < 1.29 is 8.42 Å². The first kappa shape index (κ1) is 12.8. The van der Waals surface area contributed by atoms with E-state index in [1.807, 2.05) is 5.38 Å². The van der Waals surface area contributed by atoms with Crippen molar-refractivity contribution in [3.63, 3.8) is 0 Å². The van der Waals surface area contributed by atoms with Crippen LogP contribution in [0.3, 0.4) is 0 Å². The molecule has 0 aliphatic heterocycles. The van der Waals surface area contributed by atoms with Crippen LogP contribution in [0.1, 0.15) is 25.3 Å². The molecule has 2 rings (SSSR count). The first-order valence-electron chi connectivity index (χ1n) is 5.63. The Labute approximate surface area is 105 Å². The Kier molecular flexibility index (Phi) is 3.98. The predicted octanol–water partition coefficient (Wildman–Crippen LogP) is 0.0468. The molecular weight excluding hydrogens is 256 g/mol. The molecule has 1 aliphatic rings. The van der Waals surface area contributed by atoms with E-state index >= 15 is 0 Å². The lowest BCUT2D eigenvalue weighted by Crippen LogP contribution is -2.37. The summed E-state index contributed by atoms with van der Waals surface area (Å²) in [5.41, 5.74) is 1.06. The molecular formula is C11H16N2O2S2. The molecule has 0 spiro atoms. The van der Waals surface area contributed by atoms with Crippen molar-refractivity contribution in [3.8, 4) is 0 Å². The van der Waals surface area contributed by atoms with E-state index in [0.29, 0.717) is 13.1 Å². The summed E-state index contributed by atoms with van der Waals surface area (Å²) in [5, 5.41) is 3.22. The van der Waals surface area contributed by atoms with E-state index in [1.54, 1.807) is 18.3 Å². The topological polar surface area (TPSA) is 58.2 Å². The molecule has 1 heterocycles. The van der Waals surface area contributed by atoms with Crippen molar-refractivity contribution in [2.45, 2.75) is 26.3 Å². The second kappa shape index (κ2) is 5.30. The molecule has 0 amide bonds. The van der Waals surface area contributed by atoms with Crippen molar-refractivity contribution >= 4 is 33.7 Å². The largest absolute Gasteiger partial charge is 0.277 e. The molecule has 6 heteroatoms. The first-order chi connectivity index (χ1) is 8.12. The van der Waals surface area contributed by atoms with Crippen LogP contribution in [0.5, 0.6) is 0 Å². The number of rotatable bonds is 5. The number of fused-ring (bicyclic) bond motifs is 1. The Morgan fingerprint density at radius 1 is 1.29 bits per heavy atom. The lowest BCUT2D eigenvalue weighted by Gasteiger charge is -2.05. The SMILES string of the molecule is CCNS(=O)(=O)NCc1csc2c1=CCCC=2. The lowest BCUT2D eigenvalue weighted by molar-refractivity contribution is 0.568. The molecule has 1 aromatic rings. The fourth-order valence-electron chi connectivity index (χ4n) is 1.80. The van der Waals surface area contributed by atoms with E-state index in [4.69, 9.17) is 0 Å². The third-order valence-corrected chi connectivity index (χ3v) is 4.81. The van der Waals surface area contributed by atoms with Crippen LogP contribution in [0.4, 0.5) is 0 Å². The zero-order valence-corrected chi connectivity index (χ0v) is 11.3. The molecule has 94 valence electrons. The predicted molar refractivity (Wildman–Crippen MR) is 71.2 cm³/mol. The average Bonchev–Trinajstić information content (AvgIpc) is 2.70. The molecule has 0 atom stereocenters. The van der Waals surface area contributed by atoms with Crippen LogP contribution < -0.4 is 19.2 Å². The van der Waals surface area contributed by atoms with Crippen LogP contribution >= 0.6 is 11.3 Å². The van der Waals surface area contributed by atoms with Crippen molar-refractivity contribution in [3.05, 3.63) is 20.7 Å². The van der Waals surface area contributed by atoms with Gasteiger partial charge in [-0.15, -0.1) is 11.3 Å². The minimum absolute atomic E-state index is 0.353. The quantitative estimate of drug-likeness (QED) is 0.795. The minimum atomic E-state index is -3.35. The van der Waals surface area contributed by atoms with Crippen LogP contribution in [-0.4, -0.2) is 15.0 Å². The third kappa shape index (κ3) is 3.16. The van der Waals surface area contributed by atoms with Gasteiger partial charge in [0, 0.05) is 17.6 Å². The smallest absolute Gasteiger partial charge is 0.203 e. The lowest BCUT2D eigenvalue weighted by atomic mass is 10.1. The summed E-state index contributed by atoms with van der Waals surface area (Å²) in [5.74, 6) is 0. The van der Waals surface area contributed by atoms with Crippen LogP contribution in [0.15, 0.2) is 5.38 Å². The normalized spacial score (nSPS) is 14.9. The van der Waals surface area contributed by atoms with E-state index in [2.05, 4.69) is 21.6 Å². The highest BCUT2D eigenvalue weighted by molar-refractivity contribution is 7.87. The van der Waals surface area contributed by atoms with Gasteiger partial charge in [0.1, 0.15) is 0 Å². The van der Waals surface area contributed by atoms with Crippen molar-refractivity contribution in [1.82, 2.24) is 9.44 Å². The Hall–Kier alpha value is -0.690. The second-order valence-electron chi connectivity index (χ2n) is 3.85. The fraction of sp³-hybridized carbons (Fsp3) is 0.455. The summed E-state index contributed by atoms with van der Waals surface area (Å²) in [6.07, 6.45) is 6.51. The maximum atomic E-state index is 11.5. The zero-order valence-electron chi connectivity index (χ0n) is 9.69. The van der Waals surface area contributed by atoms with E-state index < -0.39 is 10.2 Å². The molecule has 1 aliphatic carbocycles. The van der Waals surface area contributed by atoms with Gasteiger partial charge in [-0.2, -0.15) is 13.1 Å². The molecule has 0 fully saturated rings. The molecule has 0 saturated heterocycles. The number of nitrogens with one attached hydrogen (secondary N) is 2. The Bertz CT molecular complexity index is 602. The number of hydrogen-bond acceptors (Lipinski definition) is 3. The molecule has 0 unspecified atom stereocenters. The Morgan fingerprint density at radius 2 is 2.06 bits per heavy atom. The van der Waals surface area contributed by atoms with E-state index in [-0.39, 0.29) is 0 Å². The van der Waals surface area contributed by atoms with E-state index in [0.717, 1.165) is 18.4 Å². The molecule has 0 saturated carbocycles. The highest BCUT2D eigenvalue weighted by Crippen LogP contribution is 2.02. The summed E-state index contributed by atoms with van der Waals surface area (Å²) in [4.78, 5) is 0. The van der Waals surface area contributed by atoms with Gasteiger partial charge >= 0.3 is 0 Å². The standard InChI is InChI=1S/C11H16N2O2S2/c1-2-12-17(14,15)13-7-9-8-16-11-6-4-3-5-10(9)11/h5-6,8,12-13H,2-4,7H2,1H3. The van der Waals surface area contributed by atoms with Crippen LogP contribution in [0.2, 0.25) is 0 Å². The van der Waals surface area contributed by atoms with Gasteiger partial charge in [0.05, 0.1) is 0 Å². The van der Waals surface area contributed by atoms with Gasteiger partial charge < -0.3 is 0 Å². The highest BCUT2D eigenvalue weighted by atomic mass is 32.2. The number of thiophene rings is 1.